The second-order valence-corrected chi connectivity index (χ2v) is 9.41. The van der Waals surface area contributed by atoms with Gasteiger partial charge in [-0.2, -0.15) is 0 Å². The summed E-state index contributed by atoms with van der Waals surface area (Å²) in [6, 6.07) is 9.46. The Labute approximate surface area is 207 Å². The van der Waals surface area contributed by atoms with Gasteiger partial charge in [0.15, 0.2) is 0 Å². The number of rotatable bonds is 5. The maximum absolute atomic E-state index is 13.2. The van der Waals surface area contributed by atoms with Crippen LogP contribution < -0.4 is 39.6 Å². The molecule has 2 saturated heterocycles. The van der Waals surface area contributed by atoms with Crippen LogP contribution in [0.2, 0.25) is 0 Å². The SMILES string of the molecule is CCOc1ccc2ccccc2c1C(=O)N[C@@H]1C(=O)N2[C@@H]1SC(C)(C)[C@@H]2C(=O)O.O.[H-].[Na+]. The van der Waals surface area contributed by atoms with E-state index < -0.39 is 34.1 Å². The molecule has 0 aromatic heterocycles. The molecule has 2 aromatic carbocycles. The standard InChI is InChI=1S/C21H22N2O5S.Na.H2O.H/c1-4-28-13-10-9-11-7-5-6-8-12(11)14(13)17(24)22-15-18(25)23-16(20(26)27)21(2,3)29-19(15)23;;;/h5-10,15-16,19H,4H2,1-3H3,(H,22,24)(H,26,27);;1H2;/q;+1;;-1/t15-,16+,19-;;;/m1.../s1. The van der Waals surface area contributed by atoms with E-state index in [-0.39, 0.29) is 42.4 Å². The summed E-state index contributed by atoms with van der Waals surface area (Å²) >= 11 is 1.40. The molecule has 10 heteroatoms. The van der Waals surface area contributed by atoms with Gasteiger partial charge in [0.05, 0.1) is 12.2 Å². The molecule has 0 aliphatic carbocycles. The zero-order chi connectivity index (χ0) is 20.9. The molecule has 2 aliphatic rings. The van der Waals surface area contributed by atoms with Crippen LogP contribution in [0.5, 0.6) is 5.75 Å². The van der Waals surface area contributed by atoms with Crippen LogP contribution in [-0.4, -0.2) is 62.1 Å². The fourth-order valence-electron chi connectivity index (χ4n) is 4.12. The van der Waals surface area contributed by atoms with Gasteiger partial charge in [-0.3, -0.25) is 9.59 Å². The average Bonchev–Trinajstić information content (AvgIpc) is 2.94. The molecule has 0 radical (unpaired) electrons. The maximum Gasteiger partial charge on any atom is 1.00 e. The third-order valence-electron chi connectivity index (χ3n) is 5.38. The summed E-state index contributed by atoms with van der Waals surface area (Å²) in [6.07, 6.45) is 0. The maximum atomic E-state index is 13.2. The molecule has 2 aromatic rings. The minimum absolute atomic E-state index is 0. The summed E-state index contributed by atoms with van der Waals surface area (Å²) in [5.74, 6) is -1.35. The van der Waals surface area contributed by atoms with E-state index in [0.717, 1.165) is 10.8 Å². The molecule has 2 amide bonds. The van der Waals surface area contributed by atoms with Gasteiger partial charge in [0, 0.05) is 4.75 Å². The number of hydrogen-bond acceptors (Lipinski definition) is 5. The van der Waals surface area contributed by atoms with Crippen molar-refractivity contribution in [1.82, 2.24) is 10.2 Å². The first-order chi connectivity index (χ1) is 13.8. The number of carbonyl (C=O) groups is 3. The van der Waals surface area contributed by atoms with E-state index in [4.69, 9.17) is 4.74 Å². The van der Waals surface area contributed by atoms with Gasteiger partial charge >= 0.3 is 35.5 Å². The van der Waals surface area contributed by atoms with Crippen LogP contribution in [0.15, 0.2) is 36.4 Å². The zero-order valence-electron chi connectivity index (χ0n) is 18.8. The van der Waals surface area contributed by atoms with Crippen LogP contribution in [0.25, 0.3) is 10.8 Å². The third-order valence-corrected chi connectivity index (χ3v) is 6.95. The first-order valence-electron chi connectivity index (χ1n) is 9.44. The number of benzene rings is 2. The van der Waals surface area contributed by atoms with Crippen LogP contribution in [0, 0.1) is 0 Å². The molecular weight excluding hydrogens is 431 g/mol. The van der Waals surface area contributed by atoms with Crippen molar-refractivity contribution in [1.29, 1.82) is 0 Å². The van der Waals surface area contributed by atoms with Crippen molar-refractivity contribution in [2.75, 3.05) is 6.61 Å². The number of thioether (sulfide) groups is 1. The molecule has 8 nitrogen and oxygen atoms in total. The number of carboxylic acid groups (broad SMARTS) is 1. The number of fused-ring (bicyclic) bond motifs is 2. The summed E-state index contributed by atoms with van der Waals surface area (Å²) in [5, 5.41) is 13.6. The Balaban J connectivity index is 0.00000171. The second kappa shape index (κ2) is 9.38. The van der Waals surface area contributed by atoms with E-state index in [0.29, 0.717) is 17.9 Å². The van der Waals surface area contributed by atoms with Gasteiger partial charge in [0.2, 0.25) is 5.91 Å². The first kappa shape index (κ1) is 25.5. The molecule has 2 aliphatic heterocycles. The molecule has 2 heterocycles. The molecule has 2 fully saturated rings. The van der Waals surface area contributed by atoms with E-state index >= 15 is 0 Å². The Morgan fingerprint density at radius 2 is 1.94 bits per heavy atom. The minimum Gasteiger partial charge on any atom is -1.00 e. The number of nitrogens with one attached hydrogen (secondary N) is 1. The fourth-order valence-corrected chi connectivity index (χ4v) is 5.75. The van der Waals surface area contributed by atoms with E-state index in [9.17, 15) is 19.5 Å². The van der Waals surface area contributed by atoms with Gasteiger partial charge in [-0.15, -0.1) is 11.8 Å². The molecule has 0 unspecified atom stereocenters. The van der Waals surface area contributed by atoms with Crippen molar-refractivity contribution in [3.8, 4) is 5.75 Å². The number of hydrogen-bond donors (Lipinski definition) is 2. The molecule has 162 valence electrons. The van der Waals surface area contributed by atoms with Crippen molar-refractivity contribution in [3.63, 3.8) is 0 Å². The predicted molar refractivity (Wildman–Crippen MR) is 115 cm³/mol. The largest absolute Gasteiger partial charge is 1.00 e. The number of nitrogens with zero attached hydrogens (tertiary/aromatic N) is 1. The van der Waals surface area contributed by atoms with Crippen LogP contribution >= 0.6 is 11.8 Å². The minimum atomic E-state index is -1.03. The molecule has 0 spiro atoms. The fraction of sp³-hybridized carbons (Fsp3) is 0.381. The van der Waals surface area contributed by atoms with Gasteiger partial charge in [-0.25, -0.2) is 4.79 Å². The Hall–Kier alpha value is -1.78. The van der Waals surface area contributed by atoms with Crippen LogP contribution in [0.4, 0.5) is 0 Å². The van der Waals surface area contributed by atoms with Crippen LogP contribution in [0.1, 0.15) is 32.6 Å². The smallest absolute Gasteiger partial charge is 1.00 e. The topological polar surface area (TPSA) is 127 Å². The van der Waals surface area contributed by atoms with Gasteiger partial charge in [-0.1, -0.05) is 30.3 Å². The normalized spacial score (nSPS) is 23.1. The molecule has 3 atom stereocenters. The predicted octanol–water partition coefficient (Wildman–Crippen LogP) is -1.22. The summed E-state index contributed by atoms with van der Waals surface area (Å²) in [4.78, 5) is 38.9. The Kier molecular flexibility index (Phi) is 7.71. The average molecular weight is 456 g/mol. The van der Waals surface area contributed by atoms with Gasteiger partial charge in [0.1, 0.15) is 23.2 Å². The molecule has 4 N–H and O–H groups in total. The summed E-state index contributed by atoms with van der Waals surface area (Å²) < 4.78 is 5.02. The van der Waals surface area contributed by atoms with Crippen molar-refractivity contribution in [2.24, 2.45) is 0 Å². The Bertz CT molecular complexity index is 1040. The monoisotopic (exact) mass is 456 g/mol. The van der Waals surface area contributed by atoms with E-state index in [1.807, 2.05) is 37.3 Å². The Morgan fingerprint density at radius 3 is 2.58 bits per heavy atom. The zero-order valence-corrected chi connectivity index (χ0v) is 20.7. The van der Waals surface area contributed by atoms with Gasteiger partial charge in [0.25, 0.3) is 5.91 Å². The van der Waals surface area contributed by atoms with E-state index in [1.54, 1.807) is 19.9 Å². The molecule has 0 saturated carbocycles. The number of carbonyl (C=O) groups excluding carboxylic acids is 2. The summed E-state index contributed by atoms with van der Waals surface area (Å²) in [7, 11) is 0. The van der Waals surface area contributed by atoms with Crippen molar-refractivity contribution in [2.45, 2.75) is 43.0 Å². The third kappa shape index (κ3) is 4.17. The molecule has 0 bridgehead atoms. The number of ether oxygens (including phenoxy) is 1. The summed E-state index contributed by atoms with van der Waals surface area (Å²) in [6.45, 7) is 5.85. The van der Waals surface area contributed by atoms with Crippen molar-refractivity contribution in [3.05, 3.63) is 42.0 Å². The number of amides is 2. The van der Waals surface area contributed by atoms with E-state index in [2.05, 4.69) is 5.32 Å². The van der Waals surface area contributed by atoms with Crippen molar-refractivity contribution < 1.29 is 60.7 Å². The number of carboxylic acids is 1. The molecule has 4 rings (SSSR count). The second-order valence-electron chi connectivity index (χ2n) is 7.64. The van der Waals surface area contributed by atoms with Gasteiger partial charge in [-0.05, 0) is 37.6 Å². The molecular formula is C21H25N2NaO6S. The van der Waals surface area contributed by atoms with Crippen LogP contribution in [0.3, 0.4) is 0 Å². The first-order valence-corrected chi connectivity index (χ1v) is 10.3. The summed E-state index contributed by atoms with van der Waals surface area (Å²) in [5.41, 5.74) is 0.383. The van der Waals surface area contributed by atoms with Crippen LogP contribution in [-0.2, 0) is 9.59 Å². The number of aliphatic carboxylic acids is 1. The van der Waals surface area contributed by atoms with Crippen molar-refractivity contribution >= 4 is 40.3 Å². The van der Waals surface area contributed by atoms with Gasteiger partial charge < -0.3 is 27.0 Å². The quantitative estimate of drug-likeness (QED) is 0.429. The Morgan fingerprint density at radius 1 is 1.26 bits per heavy atom. The molecule has 31 heavy (non-hydrogen) atoms. The number of β-lactam (4-membered cyclic amide) rings is 1. The van der Waals surface area contributed by atoms with E-state index in [1.165, 1.54) is 16.7 Å².